The van der Waals surface area contributed by atoms with Crippen LogP contribution >= 0.6 is 0 Å². The van der Waals surface area contributed by atoms with E-state index in [1.54, 1.807) is 0 Å². The zero-order valence-corrected chi connectivity index (χ0v) is 21.1. The van der Waals surface area contributed by atoms with Gasteiger partial charge in [0.2, 0.25) is 0 Å². The molecule has 0 aliphatic carbocycles. The Kier molecular flexibility index (Phi) is 22.2. The van der Waals surface area contributed by atoms with Gasteiger partial charge in [-0.1, -0.05) is 116 Å². The van der Waals surface area contributed by atoms with E-state index in [2.05, 4.69) is 39.3 Å². The highest BCUT2D eigenvalue weighted by molar-refractivity contribution is 4.93. The van der Waals surface area contributed by atoms with Crippen LogP contribution in [0.5, 0.6) is 0 Å². The molecular formula is C28H57N. The minimum absolute atomic E-state index is 0.886. The molecule has 174 valence electrons. The normalized spacial score (nSPS) is 12.6. The van der Waals surface area contributed by atoms with E-state index in [1.165, 1.54) is 141 Å². The molecule has 0 heterocycles. The molecular weight excluding hydrogens is 350 g/mol. The van der Waals surface area contributed by atoms with Crippen molar-refractivity contribution in [2.24, 2.45) is 5.92 Å². The van der Waals surface area contributed by atoms with Gasteiger partial charge in [0.25, 0.3) is 0 Å². The fourth-order valence-electron chi connectivity index (χ4n) is 4.20. The zero-order valence-electron chi connectivity index (χ0n) is 21.1. The summed E-state index contributed by atoms with van der Waals surface area (Å²) in [7, 11) is 2.31. The van der Waals surface area contributed by atoms with Crippen LogP contribution in [0.15, 0.2) is 12.2 Å². The molecule has 0 rings (SSSR count). The average molecular weight is 408 g/mol. The van der Waals surface area contributed by atoms with Crippen molar-refractivity contribution in [2.45, 2.75) is 143 Å². The summed E-state index contributed by atoms with van der Waals surface area (Å²) in [6.45, 7) is 13.9. The van der Waals surface area contributed by atoms with Crippen LogP contribution in [0, 0.1) is 5.92 Å². The van der Waals surface area contributed by atoms with E-state index in [1.807, 2.05) is 0 Å². The summed E-state index contributed by atoms with van der Waals surface area (Å²) < 4.78 is 0. The predicted molar refractivity (Wildman–Crippen MR) is 135 cm³/mol. The molecule has 29 heavy (non-hydrogen) atoms. The van der Waals surface area contributed by atoms with Crippen molar-refractivity contribution in [3.63, 3.8) is 0 Å². The Balaban J connectivity index is 3.37. The largest absolute Gasteiger partial charge is 0.306 e. The molecule has 0 aliphatic heterocycles. The lowest BCUT2D eigenvalue weighted by atomic mass is 9.94. The Morgan fingerprint density at radius 3 is 1.69 bits per heavy atom. The Labute approximate surface area is 186 Å². The lowest BCUT2D eigenvalue weighted by molar-refractivity contribution is 0.314. The molecule has 0 aromatic rings. The number of allylic oxidation sites excluding steroid dienone is 1. The maximum atomic E-state index is 4.34. The summed E-state index contributed by atoms with van der Waals surface area (Å²) in [6.07, 6.45) is 26.3. The van der Waals surface area contributed by atoms with Crippen molar-refractivity contribution in [3.8, 4) is 0 Å². The van der Waals surface area contributed by atoms with Crippen molar-refractivity contribution >= 4 is 0 Å². The quantitative estimate of drug-likeness (QED) is 0.120. The first-order valence-corrected chi connectivity index (χ1v) is 13.4. The summed E-state index contributed by atoms with van der Waals surface area (Å²) in [5.41, 5.74) is 1.50. The Morgan fingerprint density at radius 1 is 0.621 bits per heavy atom. The van der Waals surface area contributed by atoms with Crippen LogP contribution in [0.4, 0.5) is 0 Å². The molecule has 0 saturated carbocycles. The van der Waals surface area contributed by atoms with Gasteiger partial charge in [-0.3, -0.25) is 0 Å². The van der Waals surface area contributed by atoms with Gasteiger partial charge < -0.3 is 4.90 Å². The summed E-state index contributed by atoms with van der Waals surface area (Å²) in [5.74, 6) is 0.886. The monoisotopic (exact) mass is 407 g/mol. The molecule has 0 aromatic carbocycles. The van der Waals surface area contributed by atoms with Gasteiger partial charge in [0.15, 0.2) is 0 Å². The minimum Gasteiger partial charge on any atom is -0.306 e. The molecule has 1 heteroatoms. The van der Waals surface area contributed by atoms with Crippen LogP contribution in [-0.4, -0.2) is 25.0 Å². The molecule has 0 aromatic heterocycles. The highest BCUT2D eigenvalue weighted by atomic mass is 15.1. The molecule has 1 unspecified atom stereocenters. The van der Waals surface area contributed by atoms with Crippen molar-refractivity contribution in [1.29, 1.82) is 0 Å². The van der Waals surface area contributed by atoms with E-state index < -0.39 is 0 Å². The first-order valence-electron chi connectivity index (χ1n) is 13.4. The maximum absolute atomic E-state index is 4.34. The van der Waals surface area contributed by atoms with Gasteiger partial charge in [-0.05, 0) is 64.6 Å². The number of rotatable bonds is 23. The summed E-state index contributed by atoms with van der Waals surface area (Å²) in [4.78, 5) is 2.55. The molecule has 0 fully saturated rings. The summed E-state index contributed by atoms with van der Waals surface area (Å²) >= 11 is 0. The number of hydrogen-bond donors (Lipinski definition) is 0. The van der Waals surface area contributed by atoms with Gasteiger partial charge >= 0.3 is 0 Å². The topological polar surface area (TPSA) is 3.24 Å². The van der Waals surface area contributed by atoms with Gasteiger partial charge in [0.1, 0.15) is 0 Å². The highest BCUT2D eigenvalue weighted by Crippen LogP contribution is 2.20. The van der Waals surface area contributed by atoms with Crippen LogP contribution in [-0.2, 0) is 0 Å². The lowest BCUT2D eigenvalue weighted by Gasteiger charge is -2.16. The Bertz CT molecular complexity index is 335. The summed E-state index contributed by atoms with van der Waals surface area (Å²) in [6, 6.07) is 0. The van der Waals surface area contributed by atoms with Crippen molar-refractivity contribution in [2.75, 3.05) is 20.1 Å². The SMILES string of the molecule is C=C(CCCCCCCN(C)CCCCCCCC)CCC(C)CCCCCC. The van der Waals surface area contributed by atoms with Crippen LogP contribution in [0.25, 0.3) is 0 Å². The van der Waals surface area contributed by atoms with Gasteiger partial charge in [-0.15, -0.1) is 0 Å². The average Bonchev–Trinajstić information content (AvgIpc) is 2.71. The van der Waals surface area contributed by atoms with E-state index in [0.717, 1.165) is 5.92 Å². The number of nitrogens with zero attached hydrogens (tertiary/aromatic N) is 1. The third-order valence-corrected chi connectivity index (χ3v) is 6.50. The lowest BCUT2D eigenvalue weighted by Crippen LogP contribution is -2.20. The zero-order chi connectivity index (χ0) is 21.6. The molecule has 0 amide bonds. The first kappa shape index (κ1) is 28.7. The maximum Gasteiger partial charge on any atom is -0.00218 e. The van der Waals surface area contributed by atoms with Crippen LogP contribution in [0.2, 0.25) is 0 Å². The van der Waals surface area contributed by atoms with E-state index in [4.69, 9.17) is 0 Å². The third-order valence-electron chi connectivity index (χ3n) is 6.50. The molecule has 0 N–H and O–H groups in total. The van der Waals surface area contributed by atoms with Crippen LogP contribution in [0.3, 0.4) is 0 Å². The number of hydrogen-bond acceptors (Lipinski definition) is 1. The molecule has 1 atom stereocenters. The van der Waals surface area contributed by atoms with E-state index in [-0.39, 0.29) is 0 Å². The highest BCUT2D eigenvalue weighted by Gasteiger charge is 2.04. The van der Waals surface area contributed by atoms with Crippen LogP contribution in [0.1, 0.15) is 143 Å². The predicted octanol–water partition coefficient (Wildman–Crippen LogP) is 9.56. The Morgan fingerprint density at radius 2 is 1.10 bits per heavy atom. The van der Waals surface area contributed by atoms with Crippen molar-refractivity contribution in [1.82, 2.24) is 4.90 Å². The Hall–Kier alpha value is -0.300. The van der Waals surface area contributed by atoms with E-state index in [9.17, 15) is 0 Å². The van der Waals surface area contributed by atoms with E-state index in [0.29, 0.717) is 0 Å². The standard InChI is InChI=1S/C28H57N/c1-6-8-10-12-15-19-25-29(5)26-20-16-13-14-18-22-28(4)24-23-27(3)21-17-11-9-7-2/h27H,4,6-26H2,1-3,5H3. The van der Waals surface area contributed by atoms with Crippen LogP contribution < -0.4 is 0 Å². The van der Waals surface area contributed by atoms with Crippen molar-refractivity contribution < 1.29 is 0 Å². The second kappa shape index (κ2) is 22.4. The number of unbranched alkanes of at least 4 members (excludes halogenated alkanes) is 12. The molecule has 0 saturated heterocycles. The first-order chi connectivity index (χ1) is 14.1. The second-order valence-electron chi connectivity index (χ2n) is 9.83. The molecule has 0 radical (unpaired) electrons. The molecule has 0 aliphatic rings. The fraction of sp³-hybridized carbons (Fsp3) is 0.929. The minimum atomic E-state index is 0.886. The smallest absolute Gasteiger partial charge is 0.00218 e. The van der Waals surface area contributed by atoms with Crippen molar-refractivity contribution in [3.05, 3.63) is 12.2 Å². The van der Waals surface area contributed by atoms with E-state index >= 15 is 0 Å². The third kappa shape index (κ3) is 22.2. The molecule has 0 bridgehead atoms. The van der Waals surface area contributed by atoms with Gasteiger partial charge in [0, 0.05) is 0 Å². The molecule has 1 nitrogen and oxygen atoms in total. The second-order valence-corrected chi connectivity index (χ2v) is 9.83. The molecule has 0 spiro atoms. The summed E-state index contributed by atoms with van der Waals surface area (Å²) in [5, 5.41) is 0. The van der Waals surface area contributed by atoms with Gasteiger partial charge in [-0.2, -0.15) is 0 Å². The fourth-order valence-corrected chi connectivity index (χ4v) is 4.20. The van der Waals surface area contributed by atoms with Gasteiger partial charge in [-0.25, -0.2) is 0 Å². The van der Waals surface area contributed by atoms with Gasteiger partial charge in [0.05, 0.1) is 0 Å².